The molecule has 0 aliphatic carbocycles. The third-order valence-corrected chi connectivity index (χ3v) is 5.04. The van der Waals surface area contributed by atoms with Crippen molar-refractivity contribution in [3.8, 4) is 11.6 Å². The van der Waals surface area contributed by atoms with Gasteiger partial charge in [-0.25, -0.2) is 4.39 Å². The third kappa shape index (κ3) is 4.28. The van der Waals surface area contributed by atoms with E-state index < -0.39 is 5.82 Å². The Morgan fingerprint density at radius 2 is 2.19 bits per heavy atom. The van der Waals surface area contributed by atoms with E-state index in [0.717, 1.165) is 0 Å². The molecule has 10 heteroatoms. The average molecular weight is 460 g/mol. The number of aromatic nitrogens is 3. The van der Waals surface area contributed by atoms with Gasteiger partial charge in [0.05, 0.1) is 10.8 Å². The summed E-state index contributed by atoms with van der Waals surface area (Å²) in [6.45, 7) is 2.58. The van der Waals surface area contributed by atoms with Gasteiger partial charge >= 0.3 is 0 Å². The van der Waals surface area contributed by atoms with Gasteiger partial charge in [0, 0.05) is 12.2 Å². The molecule has 2 heterocycles. The Kier molecular flexibility index (Phi) is 6.00. The first kappa shape index (κ1) is 18.9. The van der Waals surface area contributed by atoms with Crippen molar-refractivity contribution in [2.24, 2.45) is 0 Å². The van der Waals surface area contributed by atoms with Crippen molar-refractivity contribution in [2.45, 2.75) is 18.6 Å². The van der Waals surface area contributed by atoms with Gasteiger partial charge in [0.15, 0.2) is 15.6 Å². The summed E-state index contributed by atoms with van der Waals surface area (Å²) >= 11 is 10.2. The van der Waals surface area contributed by atoms with E-state index in [-0.39, 0.29) is 16.7 Å². The van der Waals surface area contributed by atoms with Crippen LogP contribution in [0.2, 0.25) is 5.02 Å². The minimum atomic E-state index is -0.535. The molecule has 0 radical (unpaired) electrons. The molecule has 0 saturated heterocycles. The highest BCUT2D eigenvalue weighted by Gasteiger charge is 2.17. The van der Waals surface area contributed by atoms with Crippen molar-refractivity contribution < 1.29 is 13.6 Å². The number of nitrogens with zero attached hydrogens (tertiary/aromatic N) is 3. The summed E-state index contributed by atoms with van der Waals surface area (Å²) in [6.07, 6.45) is 0. The van der Waals surface area contributed by atoms with Crippen LogP contribution in [0.3, 0.4) is 0 Å². The standard InChI is InChI=1S/C16H13BrClFN4O2S/c1-2-23-15(12-5-6-13(17)25-12)21-22-16(23)26-8-14(24)20-9-3-4-11(19)10(18)7-9/h3-7H,2,8H2,1H3,(H,20,24). The van der Waals surface area contributed by atoms with E-state index >= 15 is 0 Å². The molecule has 0 unspecified atom stereocenters. The SMILES string of the molecule is CCn1c(SCC(=O)Nc2ccc(F)c(Cl)c2)nnc1-c1ccc(Br)o1. The summed E-state index contributed by atoms with van der Waals surface area (Å²) in [4.78, 5) is 12.1. The molecule has 3 aromatic rings. The first-order valence-electron chi connectivity index (χ1n) is 7.54. The minimum absolute atomic E-state index is 0.0459. The van der Waals surface area contributed by atoms with Crippen molar-refractivity contribution >= 4 is 50.9 Å². The van der Waals surface area contributed by atoms with Crippen LogP contribution in [-0.2, 0) is 11.3 Å². The number of benzene rings is 1. The van der Waals surface area contributed by atoms with Gasteiger partial charge < -0.3 is 9.73 Å². The summed E-state index contributed by atoms with van der Waals surface area (Å²) in [5, 5.41) is 11.5. The van der Waals surface area contributed by atoms with Crippen LogP contribution in [0.1, 0.15) is 6.92 Å². The van der Waals surface area contributed by atoms with E-state index in [1.165, 1.54) is 30.0 Å². The molecule has 0 bridgehead atoms. The van der Waals surface area contributed by atoms with E-state index in [0.29, 0.717) is 33.6 Å². The number of hydrogen-bond acceptors (Lipinski definition) is 5. The van der Waals surface area contributed by atoms with Gasteiger partial charge in [-0.2, -0.15) is 0 Å². The van der Waals surface area contributed by atoms with Crippen LogP contribution in [0, 0.1) is 5.82 Å². The molecule has 1 N–H and O–H groups in total. The number of hydrogen-bond donors (Lipinski definition) is 1. The summed E-state index contributed by atoms with van der Waals surface area (Å²) in [7, 11) is 0. The Hall–Kier alpha value is -1.84. The lowest BCUT2D eigenvalue weighted by atomic mass is 10.3. The second-order valence-electron chi connectivity index (χ2n) is 5.12. The zero-order valence-corrected chi connectivity index (χ0v) is 16.7. The molecule has 0 atom stereocenters. The highest BCUT2D eigenvalue weighted by molar-refractivity contribution is 9.10. The molecule has 2 aromatic heterocycles. The Bertz CT molecular complexity index is 946. The molecule has 6 nitrogen and oxygen atoms in total. The van der Waals surface area contributed by atoms with Gasteiger partial charge in [-0.15, -0.1) is 10.2 Å². The van der Waals surface area contributed by atoms with Crippen LogP contribution in [0.5, 0.6) is 0 Å². The average Bonchev–Trinajstić information content (AvgIpc) is 3.21. The summed E-state index contributed by atoms with van der Waals surface area (Å²) < 4.78 is 21.1. The first-order chi connectivity index (χ1) is 12.5. The van der Waals surface area contributed by atoms with E-state index in [1.54, 1.807) is 12.1 Å². The lowest BCUT2D eigenvalue weighted by molar-refractivity contribution is -0.113. The maximum atomic E-state index is 13.2. The van der Waals surface area contributed by atoms with Crippen LogP contribution in [0.25, 0.3) is 11.6 Å². The number of halogens is 3. The fraction of sp³-hybridized carbons (Fsp3) is 0.188. The normalized spacial score (nSPS) is 10.9. The van der Waals surface area contributed by atoms with E-state index in [1.807, 2.05) is 11.5 Å². The molecule has 1 amide bonds. The molecule has 3 rings (SSSR count). The van der Waals surface area contributed by atoms with Crippen molar-refractivity contribution in [2.75, 3.05) is 11.1 Å². The van der Waals surface area contributed by atoms with Crippen LogP contribution in [0.15, 0.2) is 44.6 Å². The predicted octanol–water partition coefficient (Wildman–Crippen LogP) is 4.84. The molecule has 0 aliphatic rings. The van der Waals surface area contributed by atoms with Gasteiger partial charge in [0.1, 0.15) is 5.82 Å². The largest absolute Gasteiger partial charge is 0.446 e. The molecule has 26 heavy (non-hydrogen) atoms. The fourth-order valence-corrected chi connectivity index (χ4v) is 3.49. The van der Waals surface area contributed by atoms with Crippen LogP contribution in [0.4, 0.5) is 10.1 Å². The molecular formula is C16H13BrClFN4O2S. The second-order valence-corrected chi connectivity index (χ2v) is 7.25. The lowest BCUT2D eigenvalue weighted by Gasteiger charge is -2.07. The van der Waals surface area contributed by atoms with E-state index in [9.17, 15) is 9.18 Å². The number of amides is 1. The number of furan rings is 1. The molecular weight excluding hydrogens is 447 g/mol. The Morgan fingerprint density at radius 1 is 1.38 bits per heavy atom. The summed E-state index contributed by atoms with van der Waals surface area (Å²) in [5.41, 5.74) is 0.431. The Balaban J connectivity index is 1.66. The third-order valence-electron chi connectivity index (χ3n) is 3.36. The van der Waals surface area contributed by atoms with Crippen LogP contribution in [-0.4, -0.2) is 26.4 Å². The maximum absolute atomic E-state index is 13.2. The smallest absolute Gasteiger partial charge is 0.234 e. The Labute approximate surface area is 166 Å². The van der Waals surface area contributed by atoms with Gasteiger partial charge in [-0.1, -0.05) is 23.4 Å². The molecule has 1 aromatic carbocycles. The topological polar surface area (TPSA) is 73.0 Å². The number of nitrogens with one attached hydrogen (secondary N) is 1. The zero-order chi connectivity index (χ0) is 18.7. The maximum Gasteiger partial charge on any atom is 0.234 e. The number of thioether (sulfide) groups is 1. The van der Waals surface area contributed by atoms with Gasteiger partial charge in [-0.3, -0.25) is 9.36 Å². The lowest BCUT2D eigenvalue weighted by Crippen LogP contribution is -2.14. The Morgan fingerprint density at radius 3 is 2.85 bits per heavy atom. The predicted molar refractivity (Wildman–Crippen MR) is 102 cm³/mol. The highest BCUT2D eigenvalue weighted by Crippen LogP contribution is 2.27. The second kappa shape index (κ2) is 8.24. The van der Waals surface area contributed by atoms with Crippen LogP contribution < -0.4 is 5.32 Å². The van der Waals surface area contributed by atoms with E-state index in [4.69, 9.17) is 16.0 Å². The van der Waals surface area contributed by atoms with Gasteiger partial charge in [0.2, 0.25) is 11.7 Å². The molecule has 0 spiro atoms. The van der Waals surface area contributed by atoms with Crippen molar-refractivity contribution in [1.29, 1.82) is 0 Å². The molecule has 0 fully saturated rings. The summed E-state index contributed by atoms with van der Waals surface area (Å²) in [5.74, 6) is 0.502. The molecule has 0 saturated carbocycles. The molecule has 0 aliphatic heterocycles. The monoisotopic (exact) mass is 458 g/mol. The van der Waals surface area contributed by atoms with E-state index in [2.05, 4.69) is 31.4 Å². The van der Waals surface area contributed by atoms with Gasteiger partial charge in [0.25, 0.3) is 0 Å². The molecule has 136 valence electrons. The quantitative estimate of drug-likeness (QED) is 0.534. The van der Waals surface area contributed by atoms with Crippen molar-refractivity contribution in [3.05, 3.63) is 45.8 Å². The van der Waals surface area contributed by atoms with Crippen molar-refractivity contribution in [1.82, 2.24) is 14.8 Å². The number of anilines is 1. The highest BCUT2D eigenvalue weighted by atomic mass is 79.9. The van der Waals surface area contributed by atoms with Crippen molar-refractivity contribution in [3.63, 3.8) is 0 Å². The summed E-state index contributed by atoms with van der Waals surface area (Å²) in [6, 6.07) is 7.58. The number of rotatable bonds is 6. The zero-order valence-electron chi connectivity index (χ0n) is 13.5. The fourth-order valence-electron chi connectivity index (χ4n) is 2.20. The number of carbonyl (C=O) groups is 1. The first-order valence-corrected chi connectivity index (χ1v) is 9.70. The minimum Gasteiger partial charge on any atom is -0.446 e. The van der Waals surface area contributed by atoms with Gasteiger partial charge in [-0.05, 0) is 53.2 Å². The number of carbonyl (C=O) groups excluding carboxylic acids is 1. The van der Waals surface area contributed by atoms with Crippen LogP contribution >= 0.6 is 39.3 Å².